The standard InChI is InChI=1S/C19H22N6.BrH/c20-11-7-13-25-15-17(19(24-25)16-8-3-1-4-9-16)14-22-23-18-10-5-2-6-12-21-18;/h1,3-4,8-9,14-15H,2,5-7,10,12-13H2,(H,21,23);1H/b22-14+;. The molecule has 1 aromatic carbocycles. The van der Waals surface area contributed by atoms with Crippen molar-refractivity contribution in [2.75, 3.05) is 6.54 Å². The fourth-order valence-corrected chi connectivity index (χ4v) is 2.77. The predicted octanol–water partition coefficient (Wildman–Crippen LogP) is 3.94. The van der Waals surface area contributed by atoms with Crippen molar-refractivity contribution in [2.45, 2.75) is 38.6 Å². The zero-order chi connectivity index (χ0) is 17.3. The Balaban J connectivity index is 0.00000243. The van der Waals surface area contributed by atoms with Gasteiger partial charge in [-0.25, -0.2) is 0 Å². The lowest BCUT2D eigenvalue weighted by Crippen LogP contribution is -2.17. The van der Waals surface area contributed by atoms with Gasteiger partial charge in [0.1, 0.15) is 11.5 Å². The van der Waals surface area contributed by atoms with E-state index in [0.717, 1.165) is 48.5 Å². The maximum atomic E-state index is 8.79. The molecule has 136 valence electrons. The summed E-state index contributed by atoms with van der Waals surface area (Å²) in [5, 5.41) is 17.8. The van der Waals surface area contributed by atoms with Crippen molar-refractivity contribution in [3.05, 3.63) is 42.1 Å². The molecule has 0 atom stereocenters. The maximum Gasteiger partial charge on any atom is 0.117 e. The molecule has 0 amide bonds. The van der Waals surface area contributed by atoms with Crippen LogP contribution in [0, 0.1) is 11.3 Å². The summed E-state index contributed by atoms with van der Waals surface area (Å²) in [7, 11) is 0. The number of hydrazone groups is 1. The van der Waals surface area contributed by atoms with Crippen LogP contribution in [-0.4, -0.2) is 28.4 Å². The number of hydrogen-bond acceptors (Lipinski definition) is 5. The van der Waals surface area contributed by atoms with E-state index < -0.39 is 0 Å². The van der Waals surface area contributed by atoms with Crippen LogP contribution in [0.3, 0.4) is 0 Å². The summed E-state index contributed by atoms with van der Waals surface area (Å²) in [5.74, 6) is 0.951. The number of hydrogen-bond donors (Lipinski definition) is 1. The molecule has 0 saturated heterocycles. The number of benzene rings is 1. The third kappa shape index (κ3) is 5.53. The van der Waals surface area contributed by atoms with E-state index in [1.54, 1.807) is 10.9 Å². The number of aromatic nitrogens is 2. The summed E-state index contributed by atoms with van der Waals surface area (Å²) in [6.07, 6.45) is 8.63. The van der Waals surface area contributed by atoms with E-state index in [-0.39, 0.29) is 17.0 Å². The molecular formula is C19H23BrN6. The number of nitrogens with zero attached hydrogens (tertiary/aromatic N) is 5. The average molecular weight is 415 g/mol. The topological polar surface area (TPSA) is 78.4 Å². The minimum absolute atomic E-state index is 0. The van der Waals surface area contributed by atoms with Crippen LogP contribution in [0.15, 0.2) is 46.6 Å². The minimum atomic E-state index is 0. The maximum absolute atomic E-state index is 8.79. The third-order valence-corrected chi connectivity index (χ3v) is 4.06. The van der Waals surface area contributed by atoms with Gasteiger partial charge in [-0.05, 0) is 12.8 Å². The lowest BCUT2D eigenvalue weighted by Gasteiger charge is -2.02. The molecule has 0 saturated carbocycles. The number of nitriles is 1. The van der Waals surface area contributed by atoms with Crippen LogP contribution in [0.1, 0.15) is 37.7 Å². The van der Waals surface area contributed by atoms with Crippen LogP contribution >= 0.6 is 17.0 Å². The van der Waals surface area contributed by atoms with E-state index in [1.807, 2.05) is 36.5 Å². The molecule has 1 aromatic heterocycles. The fourth-order valence-electron chi connectivity index (χ4n) is 2.77. The molecule has 3 rings (SSSR count). The first-order valence-corrected chi connectivity index (χ1v) is 8.69. The van der Waals surface area contributed by atoms with E-state index in [9.17, 15) is 0 Å². The average Bonchev–Trinajstić information content (AvgIpc) is 2.87. The van der Waals surface area contributed by atoms with Crippen molar-refractivity contribution in [1.82, 2.24) is 15.2 Å². The number of aryl methyl sites for hydroxylation is 1. The van der Waals surface area contributed by atoms with Crippen molar-refractivity contribution in [2.24, 2.45) is 10.1 Å². The Kier molecular flexibility index (Phi) is 8.03. The van der Waals surface area contributed by atoms with Gasteiger partial charge in [0.15, 0.2) is 0 Å². The summed E-state index contributed by atoms with van der Waals surface area (Å²) in [6, 6.07) is 12.2. The van der Waals surface area contributed by atoms with E-state index in [1.165, 1.54) is 6.42 Å². The molecule has 0 fully saturated rings. The first-order valence-electron chi connectivity index (χ1n) is 8.69. The molecule has 7 heteroatoms. The van der Waals surface area contributed by atoms with E-state index in [2.05, 4.69) is 26.7 Å². The van der Waals surface area contributed by atoms with E-state index in [4.69, 9.17) is 5.26 Å². The first-order chi connectivity index (χ1) is 12.4. The Hall–Kier alpha value is -2.46. The molecule has 0 radical (unpaired) electrons. The van der Waals surface area contributed by atoms with Crippen LogP contribution < -0.4 is 5.43 Å². The van der Waals surface area contributed by atoms with Gasteiger partial charge in [0.2, 0.25) is 0 Å². The number of aliphatic imine (C=N–C) groups is 1. The van der Waals surface area contributed by atoms with E-state index in [0.29, 0.717) is 13.0 Å². The SMILES string of the molecule is Br.N#CCCn1cc(/C=N/NC2=NCCCCC2)c(-c2ccccc2)n1. The summed E-state index contributed by atoms with van der Waals surface area (Å²) >= 11 is 0. The van der Waals surface area contributed by atoms with Gasteiger partial charge in [0, 0.05) is 30.3 Å². The summed E-state index contributed by atoms with van der Waals surface area (Å²) in [4.78, 5) is 4.52. The molecule has 0 bridgehead atoms. The highest BCUT2D eigenvalue weighted by atomic mass is 79.9. The lowest BCUT2D eigenvalue weighted by atomic mass is 10.1. The second kappa shape index (κ2) is 10.5. The fraction of sp³-hybridized carbons (Fsp3) is 0.368. The van der Waals surface area contributed by atoms with Crippen molar-refractivity contribution in [3.63, 3.8) is 0 Å². The quantitative estimate of drug-likeness (QED) is 0.594. The van der Waals surface area contributed by atoms with Crippen LogP contribution in [0.2, 0.25) is 0 Å². The number of nitrogens with one attached hydrogen (secondary N) is 1. The summed E-state index contributed by atoms with van der Waals surface area (Å²) < 4.78 is 1.80. The van der Waals surface area contributed by atoms with Gasteiger partial charge in [0.05, 0.1) is 25.2 Å². The summed E-state index contributed by atoms with van der Waals surface area (Å²) in [6.45, 7) is 1.45. The second-order valence-corrected chi connectivity index (χ2v) is 5.98. The van der Waals surface area contributed by atoms with Gasteiger partial charge < -0.3 is 0 Å². The Morgan fingerprint density at radius 3 is 2.88 bits per heavy atom. The van der Waals surface area contributed by atoms with Gasteiger partial charge >= 0.3 is 0 Å². The molecule has 1 aliphatic heterocycles. The Morgan fingerprint density at radius 1 is 1.23 bits per heavy atom. The first kappa shape index (κ1) is 19.9. The highest BCUT2D eigenvalue weighted by Crippen LogP contribution is 2.20. The molecule has 26 heavy (non-hydrogen) atoms. The van der Waals surface area contributed by atoms with Crippen molar-refractivity contribution < 1.29 is 0 Å². The van der Waals surface area contributed by atoms with Crippen molar-refractivity contribution >= 4 is 29.0 Å². The molecule has 1 N–H and O–H groups in total. The molecule has 0 spiro atoms. The molecule has 2 aromatic rings. The molecule has 6 nitrogen and oxygen atoms in total. The Morgan fingerprint density at radius 2 is 2.08 bits per heavy atom. The minimum Gasteiger partial charge on any atom is -0.271 e. The molecule has 1 aliphatic rings. The van der Waals surface area contributed by atoms with Crippen molar-refractivity contribution in [3.8, 4) is 17.3 Å². The Bertz CT molecular complexity index is 788. The van der Waals surface area contributed by atoms with Crippen LogP contribution in [0.5, 0.6) is 0 Å². The van der Waals surface area contributed by atoms with E-state index >= 15 is 0 Å². The Labute approximate surface area is 164 Å². The van der Waals surface area contributed by atoms with Crippen LogP contribution in [0.25, 0.3) is 11.3 Å². The second-order valence-electron chi connectivity index (χ2n) is 5.98. The molecule has 2 heterocycles. The smallest absolute Gasteiger partial charge is 0.117 e. The zero-order valence-electron chi connectivity index (χ0n) is 14.6. The third-order valence-electron chi connectivity index (χ3n) is 4.06. The number of halogens is 1. The van der Waals surface area contributed by atoms with Gasteiger partial charge in [-0.2, -0.15) is 15.5 Å². The molecule has 0 unspecified atom stereocenters. The van der Waals surface area contributed by atoms with Gasteiger partial charge in [0.25, 0.3) is 0 Å². The monoisotopic (exact) mass is 414 g/mol. The molecular weight excluding hydrogens is 392 g/mol. The normalized spacial score (nSPS) is 14.2. The lowest BCUT2D eigenvalue weighted by molar-refractivity contribution is 0.629. The van der Waals surface area contributed by atoms with Crippen LogP contribution in [0.4, 0.5) is 0 Å². The molecule has 0 aliphatic carbocycles. The summed E-state index contributed by atoms with van der Waals surface area (Å²) in [5.41, 5.74) is 5.89. The van der Waals surface area contributed by atoms with Crippen LogP contribution in [-0.2, 0) is 6.54 Å². The zero-order valence-corrected chi connectivity index (χ0v) is 16.3. The highest BCUT2D eigenvalue weighted by molar-refractivity contribution is 8.93. The van der Waals surface area contributed by atoms with Gasteiger partial charge in [-0.1, -0.05) is 36.8 Å². The number of amidine groups is 1. The van der Waals surface area contributed by atoms with Gasteiger partial charge in [-0.15, -0.1) is 17.0 Å². The highest BCUT2D eigenvalue weighted by Gasteiger charge is 2.10. The predicted molar refractivity (Wildman–Crippen MR) is 110 cm³/mol. The van der Waals surface area contributed by atoms with Crippen molar-refractivity contribution in [1.29, 1.82) is 5.26 Å². The van der Waals surface area contributed by atoms with Gasteiger partial charge in [-0.3, -0.25) is 15.1 Å². The largest absolute Gasteiger partial charge is 0.271 e. The number of rotatable bonds is 5.